The molecule has 2 rings (SSSR count). The molecule has 0 unspecified atom stereocenters. The maximum Gasteiger partial charge on any atom is 0.0343 e. The zero-order valence-corrected chi connectivity index (χ0v) is 5.17. The summed E-state index contributed by atoms with van der Waals surface area (Å²) in [6, 6.07) is 0. The third kappa shape index (κ3) is 0.689. The van der Waals surface area contributed by atoms with E-state index in [-0.39, 0.29) is 0 Å². The molecule has 0 spiro atoms. The predicted octanol–water partition coefficient (Wildman–Crippen LogP) is 1.72. The molecule has 0 saturated carbocycles. The van der Waals surface area contributed by atoms with E-state index in [2.05, 4.69) is 17.5 Å². The van der Waals surface area contributed by atoms with Gasteiger partial charge >= 0.3 is 0 Å². The molecule has 0 bridgehead atoms. The maximum atomic E-state index is 4.05. The molecule has 1 heteroatoms. The Kier molecular flexibility index (Phi) is 0.950. The first-order valence-electron chi connectivity index (χ1n) is 3.23. The molecule has 0 aromatic rings. The van der Waals surface area contributed by atoms with E-state index in [9.17, 15) is 0 Å². The van der Waals surface area contributed by atoms with Gasteiger partial charge < -0.3 is 0 Å². The lowest BCUT2D eigenvalue weighted by molar-refractivity contribution is 0.971. The average Bonchev–Trinajstić information content (AvgIpc) is 2.33. The zero-order valence-electron chi connectivity index (χ0n) is 5.17. The van der Waals surface area contributed by atoms with E-state index < -0.39 is 0 Å². The molecule has 45 valence electrons. The van der Waals surface area contributed by atoms with Crippen LogP contribution in [0.15, 0.2) is 35.7 Å². The fourth-order valence-corrected chi connectivity index (χ4v) is 1.17. The molecule has 1 aliphatic carbocycles. The highest BCUT2D eigenvalue weighted by molar-refractivity contribution is 5.45. The molecule has 0 aromatic heterocycles. The first-order chi connectivity index (χ1) is 4.47. The Balaban J connectivity index is 2.39. The van der Waals surface area contributed by atoms with Gasteiger partial charge in [0, 0.05) is 12.4 Å². The van der Waals surface area contributed by atoms with Gasteiger partial charge in [0.25, 0.3) is 0 Å². The van der Waals surface area contributed by atoms with Crippen LogP contribution in [0.3, 0.4) is 0 Å². The summed E-state index contributed by atoms with van der Waals surface area (Å²) >= 11 is 0. The highest BCUT2D eigenvalue weighted by Gasteiger charge is 2.09. The summed E-state index contributed by atoms with van der Waals surface area (Å²) in [4.78, 5) is 0. The van der Waals surface area contributed by atoms with Crippen LogP contribution in [0.1, 0.15) is 12.8 Å². The van der Waals surface area contributed by atoms with Crippen LogP contribution >= 0.6 is 0 Å². The third-order valence-electron chi connectivity index (χ3n) is 1.69. The molecule has 1 nitrogen and oxygen atoms in total. The summed E-state index contributed by atoms with van der Waals surface area (Å²) in [5.74, 6) is 0. The molecule has 0 amide bonds. The van der Waals surface area contributed by atoms with Crippen molar-refractivity contribution in [1.82, 2.24) is 5.32 Å². The minimum atomic E-state index is 1.17. The van der Waals surface area contributed by atoms with E-state index in [1.165, 1.54) is 24.0 Å². The van der Waals surface area contributed by atoms with Gasteiger partial charge in [-0.2, -0.15) is 0 Å². The molecule has 1 aliphatic heterocycles. The second-order valence-corrected chi connectivity index (χ2v) is 2.33. The van der Waals surface area contributed by atoms with Gasteiger partial charge in [0.1, 0.15) is 0 Å². The molecule has 1 heterocycles. The molecule has 0 atom stereocenters. The molecule has 0 saturated heterocycles. The molecular weight excluding hydrogens is 110 g/mol. The highest BCUT2D eigenvalue weighted by atomic mass is 14.8. The second kappa shape index (κ2) is 1.76. The van der Waals surface area contributed by atoms with Crippen LogP contribution in [-0.2, 0) is 0 Å². The normalized spacial score (nSPS) is 22.2. The van der Waals surface area contributed by atoms with Crippen LogP contribution in [-0.4, -0.2) is 0 Å². The van der Waals surface area contributed by atoms with Crippen molar-refractivity contribution in [3.8, 4) is 0 Å². The van der Waals surface area contributed by atoms with E-state index in [1.54, 1.807) is 0 Å². The lowest BCUT2D eigenvalue weighted by Crippen LogP contribution is -1.87. The number of fused-ring (bicyclic) bond motifs is 1. The third-order valence-corrected chi connectivity index (χ3v) is 1.69. The Bertz CT molecular complexity index is 209. The van der Waals surface area contributed by atoms with Crippen LogP contribution in [0.25, 0.3) is 0 Å². The van der Waals surface area contributed by atoms with Crippen LogP contribution in [0.2, 0.25) is 0 Å². The minimum absolute atomic E-state index is 1.17. The maximum absolute atomic E-state index is 4.05. The van der Waals surface area contributed by atoms with E-state index in [4.69, 9.17) is 0 Å². The number of rotatable bonds is 0. The van der Waals surface area contributed by atoms with Gasteiger partial charge in [-0.25, -0.2) is 0 Å². The first kappa shape index (κ1) is 4.86. The van der Waals surface area contributed by atoms with Gasteiger partial charge in [-0.1, -0.05) is 12.2 Å². The Morgan fingerprint density at radius 3 is 3.22 bits per heavy atom. The lowest BCUT2D eigenvalue weighted by atomic mass is 9.99. The van der Waals surface area contributed by atoms with Gasteiger partial charge in [0.05, 0.1) is 0 Å². The average molecular weight is 118 g/mol. The van der Waals surface area contributed by atoms with Crippen molar-refractivity contribution in [3.63, 3.8) is 0 Å². The largest absolute Gasteiger partial charge is 0.264 e. The molecule has 2 aliphatic rings. The number of hydrogen-bond acceptors (Lipinski definition) is 0. The molecule has 0 aromatic carbocycles. The molecular formula is C8H8N. The fraction of sp³-hybridized carbons (Fsp3) is 0.250. The van der Waals surface area contributed by atoms with E-state index >= 15 is 0 Å². The summed E-state index contributed by atoms with van der Waals surface area (Å²) in [5, 5.41) is 4.05. The van der Waals surface area contributed by atoms with Gasteiger partial charge in [-0.05, 0) is 24.0 Å². The van der Waals surface area contributed by atoms with Gasteiger partial charge in [0.15, 0.2) is 0 Å². The molecule has 0 fully saturated rings. The van der Waals surface area contributed by atoms with Crippen LogP contribution in [0.5, 0.6) is 0 Å². The standard InChI is InChI=1S/C8H8N/c1-2-4-8-6-9-5-7(8)3-1/h1,3,5-6H,2,4H2. The summed E-state index contributed by atoms with van der Waals surface area (Å²) in [7, 11) is 0. The van der Waals surface area contributed by atoms with E-state index in [0.717, 1.165) is 0 Å². The quantitative estimate of drug-likeness (QED) is 0.460. The van der Waals surface area contributed by atoms with Gasteiger partial charge in [-0.3, -0.25) is 5.32 Å². The van der Waals surface area contributed by atoms with Gasteiger partial charge in [0.2, 0.25) is 0 Å². The molecule has 1 radical (unpaired) electrons. The van der Waals surface area contributed by atoms with Crippen molar-refractivity contribution in [2.45, 2.75) is 12.8 Å². The Morgan fingerprint density at radius 2 is 2.33 bits per heavy atom. The summed E-state index contributed by atoms with van der Waals surface area (Å²) < 4.78 is 0. The smallest absolute Gasteiger partial charge is 0.0343 e. The summed E-state index contributed by atoms with van der Waals surface area (Å²) in [6.45, 7) is 0. The summed E-state index contributed by atoms with van der Waals surface area (Å²) in [5.41, 5.74) is 2.71. The van der Waals surface area contributed by atoms with E-state index in [1.807, 2.05) is 12.4 Å². The molecule has 9 heavy (non-hydrogen) atoms. The first-order valence-corrected chi connectivity index (χ1v) is 3.23. The number of nitrogens with zero attached hydrogens (tertiary/aromatic N) is 1. The lowest BCUT2D eigenvalue weighted by Gasteiger charge is -2.05. The van der Waals surface area contributed by atoms with Crippen molar-refractivity contribution in [2.75, 3.05) is 0 Å². The van der Waals surface area contributed by atoms with Crippen molar-refractivity contribution in [3.05, 3.63) is 35.7 Å². The predicted molar refractivity (Wildman–Crippen MR) is 36.7 cm³/mol. The zero-order chi connectivity index (χ0) is 6.10. The minimum Gasteiger partial charge on any atom is -0.264 e. The van der Waals surface area contributed by atoms with Crippen LogP contribution < -0.4 is 5.32 Å². The topological polar surface area (TPSA) is 14.1 Å². The van der Waals surface area contributed by atoms with E-state index in [0.29, 0.717) is 0 Å². The molecule has 0 N–H and O–H groups in total. The monoisotopic (exact) mass is 118 g/mol. The Hall–Kier alpha value is -0.980. The second-order valence-electron chi connectivity index (χ2n) is 2.33. The van der Waals surface area contributed by atoms with Crippen molar-refractivity contribution >= 4 is 0 Å². The van der Waals surface area contributed by atoms with Crippen molar-refractivity contribution < 1.29 is 0 Å². The van der Waals surface area contributed by atoms with Crippen LogP contribution in [0.4, 0.5) is 0 Å². The number of hydrogen-bond donors (Lipinski definition) is 0. The SMILES string of the molecule is C1=CC2=C[N]C=C2CC1. The fourth-order valence-electron chi connectivity index (χ4n) is 1.17. The van der Waals surface area contributed by atoms with Crippen molar-refractivity contribution in [2.24, 2.45) is 0 Å². The summed E-state index contributed by atoms with van der Waals surface area (Å²) in [6.07, 6.45) is 10.6. The Morgan fingerprint density at radius 1 is 1.33 bits per heavy atom. The Labute approximate surface area is 54.8 Å². The van der Waals surface area contributed by atoms with Gasteiger partial charge in [-0.15, -0.1) is 0 Å². The highest BCUT2D eigenvalue weighted by Crippen LogP contribution is 2.24. The van der Waals surface area contributed by atoms with Crippen LogP contribution in [0, 0.1) is 0 Å². The number of allylic oxidation sites excluding steroid dienone is 4. The van der Waals surface area contributed by atoms with Crippen molar-refractivity contribution in [1.29, 1.82) is 0 Å².